The Kier molecular flexibility index (Phi) is 8.33. The molecular weight excluding hydrogens is 438 g/mol. The van der Waals surface area contributed by atoms with Crippen molar-refractivity contribution >= 4 is 11.9 Å². The molecule has 0 spiro atoms. The third-order valence-electron chi connectivity index (χ3n) is 3.33. The first-order chi connectivity index (χ1) is 12.6. The van der Waals surface area contributed by atoms with Crippen molar-refractivity contribution in [3.05, 3.63) is 0 Å². The van der Waals surface area contributed by atoms with Crippen molar-refractivity contribution in [1.29, 1.82) is 0 Å². The minimum atomic E-state index is -7.00. The van der Waals surface area contributed by atoms with Gasteiger partial charge in [-0.25, -0.2) is 4.79 Å². The van der Waals surface area contributed by atoms with Gasteiger partial charge in [0, 0.05) is 13.0 Å². The number of halogens is 10. The zero-order valence-electron chi connectivity index (χ0n) is 14.8. The van der Waals surface area contributed by atoms with Gasteiger partial charge in [-0.05, 0) is 0 Å². The molecule has 6 nitrogen and oxygen atoms in total. The number of carboxylic acid groups (broad SMARTS) is 1. The maximum absolute atomic E-state index is 13.1. The van der Waals surface area contributed by atoms with E-state index in [9.17, 15) is 53.5 Å². The summed E-state index contributed by atoms with van der Waals surface area (Å²) >= 11 is 0. The van der Waals surface area contributed by atoms with Crippen LogP contribution < -0.4 is 5.32 Å². The zero-order chi connectivity index (χ0) is 23.5. The predicted octanol–water partition coefficient (Wildman–Crippen LogP) is 2.39. The molecule has 0 fully saturated rings. The second-order valence-electron chi connectivity index (χ2n) is 6.48. The first-order valence-corrected chi connectivity index (χ1v) is 7.52. The monoisotopic (exact) mass is 455 g/mol. The van der Waals surface area contributed by atoms with Gasteiger partial charge in [0.15, 0.2) is 6.54 Å². The fourth-order valence-electron chi connectivity index (χ4n) is 1.91. The number of carbonyl (C=O) groups is 2. The van der Waals surface area contributed by atoms with Crippen LogP contribution in [0.25, 0.3) is 0 Å². The fraction of sp³-hybridized carbons (Fsp3) is 0.846. The Labute approximate surface area is 157 Å². The van der Waals surface area contributed by atoms with Crippen LogP contribution in [0.15, 0.2) is 0 Å². The number of amides is 1. The van der Waals surface area contributed by atoms with Crippen molar-refractivity contribution in [1.82, 2.24) is 5.32 Å². The summed E-state index contributed by atoms with van der Waals surface area (Å²) < 4.78 is 128. The number of nitrogens with zero attached hydrogens (tertiary/aromatic N) is 1. The summed E-state index contributed by atoms with van der Waals surface area (Å²) in [5.41, 5.74) is 0. The summed E-state index contributed by atoms with van der Waals surface area (Å²) in [6.07, 6.45) is -24.2. The summed E-state index contributed by atoms with van der Waals surface area (Å²) in [6, 6.07) is 0. The Morgan fingerprint density at radius 1 is 1.00 bits per heavy atom. The summed E-state index contributed by atoms with van der Waals surface area (Å²) in [5.74, 6) is -10.6. The van der Waals surface area contributed by atoms with Crippen LogP contribution in [0.5, 0.6) is 0 Å². The SMILES string of the molecule is C[N+](C)(CCCNC(=O)C(OC(F)(F)C(F)(F)C(F)(F)F)C(F)(F)F)CC(=O)O. The standard InChI is InChI=1S/C13H16F10N2O4/c1-25(2,6-7(26)27)5-3-4-24-9(28)8(10(14,15)16)29-13(22,23)11(17,18)12(19,20)21/h8H,3-6H2,1-2H3,(H-,24,26,27,28)/p+1. The smallest absolute Gasteiger partial charge is 0.462 e. The molecule has 0 heterocycles. The number of aliphatic carboxylic acids is 1. The molecule has 0 aliphatic rings. The van der Waals surface area contributed by atoms with Crippen molar-refractivity contribution < 1.29 is 67.8 Å². The number of rotatable bonds is 10. The Bertz CT molecular complexity index is 589. The van der Waals surface area contributed by atoms with Crippen molar-refractivity contribution in [2.24, 2.45) is 0 Å². The number of nitrogens with one attached hydrogen (secondary N) is 1. The van der Waals surface area contributed by atoms with Crippen LogP contribution >= 0.6 is 0 Å². The number of likely N-dealkylation sites (N-methyl/N-ethyl adjacent to an activating group) is 1. The van der Waals surface area contributed by atoms with E-state index in [4.69, 9.17) is 5.11 Å². The maximum atomic E-state index is 13.1. The highest BCUT2D eigenvalue weighted by Crippen LogP contribution is 2.48. The van der Waals surface area contributed by atoms with Gasteiger partial charge >= 0.3 is 30.4 Å². The van der Waals surface area contributed by atoms with Gasteiger partial charge in [0.2, 0.25) is 6.10 Å². The zero-order valence-corrected chi connectivity index (χ0v) is 14.8. The minimum Gasteiger partial charge on any atom is -0.477 e. The molecule has 29 heavy (non-hydrogen) atoms. The first kappa shape index (κ1) is 27.2. The van der Waals surface area contributed by atoms with Crippen molar-refractivity contribution in [3.8, 4) is 0 Å². The molecule has 0 aromatic carbocycles. The van der Waals surface area contributed by atoms with Gasteiger partial charge in [-0.2, -0.15) is 43.9 Å². The molecule has 0 aliphatic heterocycles. The Balaban J connectivity index is 5.14. The van der Waals surface area contributed by atoms with E-state index in [1.165, 1.54) is 19.4 Å². The maximum Gasteiger partial charge on any atom is 0.462 e. The molecule has 0 aromatic rings. The van der Waals surface area contributed by atoms with Crippen molar-refractivity contribution in [2.75, 3.05) is 33.7 Å². The molecule has 16 heteroatoms. The Morgan fingerprint density at radius 3 is 1.86 bits per heavy atom. The van der Waals surface area contributed by atoms with E-state index in [0.717, 1.165) is 0 Å². The second kappa shape index (κ2) is 8.89. The Morgan fingerprint density at radius 2 is 1.48 bits per heavy atom. The lowest BCUT2D eigenvalue weighted by Crippen LogP contribution is -2.58. The van der Waals surface area contributed by atoms with Crippen LogP contribution in [-0.4, -0.2) is 85.7 Å². The summed E-state index contributed by atoms with van der Waals surface area (Å²) in [6.45, 7) is -1.08. The Hall–Kier alpha value is -1.84. The van der Waals surface area contributed by atoms with Crippen LogP contribution in [-0.2, 0) is 14.3 Å². The van der Waals surface area contributed by atoms with Gasteiger partial charge < -0.3 is 14.9 Å². The van der Waals surface area contributed by atoms with E-state index in [1.807, 2.05) is 0 Å². The van der Waals surface area contributed by atoms with Crippen LogP contribution in [0.2, 0.25) is 0 Å². The van der Waals surface area contributed by atoms with E-state index in [0.29, 0.717) is 0 Å². The van der Waals surface area contributed by atoms with E-state index >= 15 is 0 Å². The van der Waals surface area contributed by atoms with Gasteiger partial charge in [0.25, 0.3) is 5.91 Å². The molecule has 1 unspecified atom stereocenters. The molecule has 1 atom stereocenters. The number of hydrogen-bond acceptors (Lipinski definition) is 3. The van der Waals surface area contributed by atoms with Gasteiger partial charge in [0.05, 0.1) is 20.6 Å². The highest BCUT2D eigenvalue weighted by Gasteiger charge is 2.76. The van der Waals surface area contributed by atoms with Crippen molar-refractivity contribution in [2.45, 2.75) is 36.9 Å². The van der Waals surface area contributed by atoms with Crippen LogP contribution in [0.1, 0.15) is 6.42 Å². The molecular formula is C13H17F10N2O4+. The normalized spacial score (nSPS) is 15.2. The average molecular weight is 455 g/mol. The number of quaternary nitrogens is 1. The summed E-state index contributed by atoms with van der Waals surface area (Å²) in [4.78, 5) is 22.0. The van der Waals surface area contributed by atoms with Gasteiger partial charge in [-0.1, -0.05) is 0 Å². The predicted molar refractivity (Wildman–Crippen MR) is 74.0 cm³/mol. The number of hydrogen-bond donors (Lipinski definition) is 2. The van der Waals surface area contributed by atoms with Gasteiger partial charge in [-0.3, -0.25) is 9.53 Å². The first-order valence-electron chi connectivity index (χ1n) is 7.52. The quantitative estimate of drug-likeness (QED) is 0.302. The van der Waals surface area contributed by atoms with E-state index in [1.54, 1.807) is 0 Å². The second-order valence-corrected chi connectivity index (χ2v) is 6.48. The summed E-state index contributed by atoms with van der Waals surface area (Å²) in [7, 11) is 2.83. The molecule has 1 amide bonds. The highest BCUT2D eigenvalue weighted by molar-refractivity contribution is 5.81. The van der Waals surface area contributed by atoms with Gasteiger partial charge in [0.1, 0.15) is 0 Å². The molecule has 0 bridgehead atoms. The molecule has 0 radical (unpaired) electrons. The molecule has 0 rings (SSSR count). The van der Waals surface area contributed by atoms with Crippen LogP contribution in [0.4, 0.5) is 43.9 Å². The molecule has 0 saturated heterocycles. The molecule has 0 saturated carbocycles. The summed E-state index contributed by atoms with van der Waals surface area (Å²) in [5, 5.41) is 10.1. The molecule has 0 aromatic heterocycles. The van der Waals surface area contributed by atoms with Crippen LogP contribution in [0.3, 0.4) is 0 Å². The third-order valence-corrected chi connectivity index (χ3v) is 3.33. The van der Waals surface area contributed by atoms with E-state index < -0.39 is 55.5 Å². The van der Waals surface area contributed by atoms with E-state index in [2.05, 4.69) is 4.74 Å². The topological polar surface area (TPSA) is 75.6 Å². The lowest BCUT2D eigenvalue weighted by atomic mass is 10.2. The molecule has 2 N–H and O–H groups in total. The van der Waals surface area contributed by atoms with Crippen LogP contribution in [0, 0.1) is 0 Å². The molecule has 0 aliphatic carbocycles. The number of alkyl halides is 10. The minimum absolute atomic E-state index is 0.0214. The highest BCUT2D eigenvalue weighted by atomic mass is 19.4. The third kappa shape index (κ3) is 7.83. The lowest BCUT2D eigenvalue weighted by Gasteiger charge is -2.31. The lowest BCUT2D eigenvalue weighted by molar-refractivity contribution is -0.883. The average Bonchev–Trinajstić information content (AvgIpc) is 2.45. The van der Waals surface area contributed by atoms with Crippen molar-refractivity contribution in [3.63, 3.8) is 0 Å². The largest absolute Gasteiger partial charge is 0.477 e. The number of carbonyl (C=O) groups excluding carboxylic acids is 1. The van der Waals surface area contributed by atoms with Gasteiger partial charge in [-0.15, -0.1) is 0 Å². The fourth-order valence-corrected chi connectivity index (χ4v) is 1.91. The number of ether oxygens (including phenoxy) is 1. The number of carboxylic acids is 1. The molecule has 172 valence electrons. The van der Waals surface area contributed by atoms with E-state index in [-0.39, 0.29) is 17.4 Å².